The number of amides is 1. The summed E-state index contributed by atoms with van der Waals surface area (Å²) >= 11 is 1.87. The second kappa shape index (κ2) is 5.36. The van der Waals surface area contributed by atoms with Crippen molar-refractivity contribution >= 4 is 17.7 Å². The van der Waals surface area contributed by atoms with Gasteiger partial charge >= 0.3 is 0 Å². The topological polar surface area (TPSA) is 51.5 Å². The van der Waals surface area contributed by atoms with Crippen molar-refractivity contribution in [3.63, 3.8) is 0 Å². The molecule has 1 unspecified atom stereocenters. The van der Waals surface area contributed by atoms with Gasteiger partial charge in [-0.1, -0.05) is 0 Å². The van der Waals surface area contributed by atoms with Gasteiger partial charge in [-0.05, 0) is 32.1 Å². The molecule has 2 rings (SSSR count). The van der Waals surface area contributed by atoms with Crippen LogP contribution >= 0.6 is 11.8 Å². The van der Waals surface area contributed by atoms with E-state index in [1.807, 2.05) is 18.7 Å². The van der Waals surface area contributed by atoms with E-state index in [-0.39, 0.29) is 11.5 Å². The number of carbonyl (C=O) groups excluding carboxylic acids is 1. The lowest BCUT2D eigenvalue weighted by molar-refractivity contribution is 0.0137. The van der Waals surface area contributed by atoms with Crippen LogP contribution in [-0.2, 0) is 4.74 Å². The van der Waals surface area contributed by atoms with Crippen LogP contribution in [-0.4, -0.2) is 36.7 Å². The maximum absolute atomic E-state index is 12.1. The second-order valence-electron chi connectivity index (χ2n) is 4.70. The van der Waals surface area contributed by atoms with Crippen LogP contribution in [0.3, 0.4) is 0 Å². The number of thioether (sulfide) groups is 1. The van der Waals surface area contributed by atoms with Crippen LogP contribution in [0.15, 0.2) is 10.5 Å². The fraction of sp³-hybridized carbons (Fsp3) is 0.615. The summed E-state index contributed by atoms with van der Waals surface area (Å²) in [6.07, 6.45) is 0.984. The zero-order valence-corrected chi connectivity index (χ0v) is 11.9. The van der Waals surface area contributed by atoms with Crippen molar-refractivity contribution in [1.29, 1.82) is 0 Å². The van der Waals surface area contributed by atoms with E-state index in [1.165, 1.54) is 0 Å². The van der Waals surface area contributed by atoms with Gasteiger partial charge in [0.15, 0.2) is 0 Å². The highest BCUT2D eigenvalue weighted by molar-refractivity contribution is 7.99. The molecular weight excluding hydrogens is 250 g/mol. The first-order chi connectivity index (χ1) is 8.56. The Morgan fingerprint density at radius 2 is 2.39 bits per heavy atom. The summed E-state index contributed by atoms with van der Waals surface area (Å²) in [5.74, 6) is 3.37. The highest BCUT2D eigenvalue weighted by atomic mass is 32.2. The van der Waals surface area contributed by atoms with Gasteiger partial charge in [0.25, 0.3) is 5.91 Å². The number of nitrogens with one attached hydrogen (secondary N) is 1. The summed E-state index contributed by atoms with van der Waals surface area (Å²) < 4.78 is 10.9. The smallest absolute Gasteiger partial charge is 0.254 e. The molecule has 18 heavy (non-hydrogen) atoms. The number of ether oxygens (including phenoxy) is 1. The molecule has 0 aromatic carbocycles. The van der Waals surface area contributed by atoms with Crippen LogP contribution < -0.4 is 5.32 Å². The molecule has 0 spiro atoms. The SMILES string of the molecule is COC1(CNC(=O)c2cc(C)oc2C)CCSC1. The van der Waals surface area contributed by atoms with Gasteiger partial charge < -0.3 is 14.5 Å². The third-order valence-corrected chi connectivity index (χ3v) is 4.58. The number of methoxy groups -OCH3 is 1. The molecule has 4 nitrogen and oxygen atoms in total. The van der Waals surface area contributed by atoms with Gasteiger partial charge in [0.2, 0.25) is 0 Å². The van der Waals surface area contributed by atoms with Gasteiger partial charge in [-0.3, -0.25) is 4.79 Å². The zero-order chi connectivity index (χ0) is 13.2. The molecule has 1 saturated heterocycles. The van der Waals surface area contributed by atoms with Gasteiger partial charge in [0.05, 0.1) is 11.2 Å². The Morgan fingerprint density at radius 1 is 1.61 bits per heavy atom. The molecule has 0 bridgehead atoms. The Hall–Kier alpha value is -0.940. The Kier molecular flexibility index (Phi) is 4.02. The lowest BCUT2D eigenvalue weighted by atomic mass is 10.0. The predicted molar refractivity (Wildman–Crippen MR) is 72.2 cm³/mol. The minimum absolute atomic E-state index is 0.0855. The first-order valence-electron chi connectivity index (χ1n) is 6.04. The van der Waals surface area contributed by atoms with Crippen molar-refractivity contribution in [3.05, 3.63) is 23.2 Å². The van der Waals surface area contributed by atoms with Crippen LogP contribution in [0, 0.1) is 13.8 Å². The van der Waals surface area contributed by atoms with E-state index in [1.54, 1.807) is 20.1 Å². The van der Waals surface area contributed by atoms with Gasteiger partial charge in [-0.25, -0.2) is 0 Å². The molecular formula is C13H19NO3S. The fourth-order valence-electron chi connectivity index (χ4n) is 2.15. The van der Waals surface area contributed by atoms with Crippen molar-refractivity contribution < 1.29 is 13.9 Å². The molecule has 1 aromatic rings. The normalized spacial score (nSPS) is 23.3. The summed E-state index contributed by atoms with van der Waals surface area (Å²) in [6, 6.07) is 1.77. The zero-order valence-electron chi connectivity index (χ0n) is 11.0. The van der Waals surface area contributed by atoms with Crippen LogP contribution in [0.2, 0.25) is 0 Å². The lowest BCUT2D eigenvalue weighted by Gasteiger charge is -2.26. The molecule has 2 heterocycles. The third-order valence-electron chi connectivity index (χ3n) is 3.36. The number of hydrogen-bond donors (Lipinski definition) is 1. The van der Waals surface area contributed by atoms with Gasteiger partial charge in [-0.15, -0.1) is 0 Å². The molecule has 1 aliphatic rings. The maximum atomic E-state index is 12.1. The summed E-state index contributed by atoms with van der Waals surface area (Å²) in [5, 5.41) is 2.95. The summed E-state index contributed by atoms with van der Waals surface area (Å²) in [7, 11) is 1.71. The van der Waals surface area contributed by atoms with Crippen molar-refractivity contribution in [2.75, 3.05) is 25.2 Å². The van der Waals surface area contributed by atoms with E-state index in [0.717, 1.165) is 23.7 Å². The van der Waals surface area contributed by atoms with E-state index >= 15 is 0 Å². The van der Waals surface area contributed by atoms with Gasteiger partial charge in [-0.2, -0.15) is 11.8 Å². The Morgan fingerprint density at radius 3 is 2.89 bits per heavy atom. The van der Waals surface area contributed by atoms with Gasteiger partial charge in [0, 0.05) is 19.4 Å². The van der Waals surface area contributed by atoms with Crippen LogP contribution in [0.5, 0.6) is 0 Å². The van der Waals surface area contributed by atoms with E-state index < -0.39 is 0 Å². The average molecular weight is 269 g/mol. The monoisotopic (exact) mass is 269 g/mol. The Labute approximate surface area is 111 Å². The maximum Gasteiger partial charge on any atom is 0.254 e. The van der Waals surface area contributed by atoms with E-state index in [4.69, 9.17) is 9.15 Å². The van der Waals surface area contributed by atoms with Crippen molar-refractivity contribution in [1.82, 2.24) is 5.32 Å². The van der Waals surface area contributed by atoms with E-state index in [0.29, 0.717) is 17.9 Å². The fourth-order valence-corrected chi connectivity index (χ4v) is 3.55. The molecule has 0 radical (unpaired) electrons. The van der Waals surface area contributed by atoms with E-state index in [9.17, 15) is 4.79 Å². The molecule has 1 aromatic heterocycles. The Bertz CT molecular complexity index is 435. The van der Waals surface area contributed by atoms with Crippen LogP contribution in [0.4, 0.5) is 0 Å². The molecule has 1 aliphatic heterocycles. The number of rotatable bonds is 4. The lowest BCUT2D eigenvalue weighted by Crippen LogP contribution is -2.44. The number of aryl methyl sites for hydroxylation is 2. The van der Waals surface area contributed by atoms with Crippen molar-refractivity contribution in [2.24, 2.45) is 0 Å². The number of hydrogen-bond acceptors (Lipinski definition) is 4. The molecule has 100 valence electrons. The number of furan rings is 1. The number of carbonyl (C=O) groups is 1. The highest BCUT2D eigenvalue weighted by Gasteiger charge is 2.34. The quantitative estimate of drug-likeness (QED) is 0.910. The molecule has 1 N–H and O–H groups in total. The standard InChI is InChI=1S/C13H19NO3S/c1-9-6-11(10(2)17-9)12(15)14-7-13(16-3)4-5-18-8-13/h6H,4-5,7-8H2,1-3H3,(H,14,15). The summed E-state index contributed by atoms with van der Waals surface area (Å²) in [6.45, 7) is 4.20. The third kappa shape index (κ3) is 2.72. The Balaban J connectivity index is 1.98. The van der Waals surface area contributed by atoms with Crippen molar-refractivity contribution in [3.8, 4) is 0 Å². The molecule has 1 fully saturated rings. The van der Waals surface area contributed by atoms with E-state index in [2.05, 4.69) is 5.32 Å². The first kappa shape index (κ1) is 13.5. The first-order valence-corrected chi connectivity index (χ1v) is 7.20. The van der Waals surface area contributed by atoms with Gasteiger partial charge in [0.1, 0.15) is 11.5 Å². The highest BCUT2D eigenvalue weighted by Crippen LogP contribution is 2.30. The molecule has 0 aliphatic carbocycles. The molecule has 1 amide bonds. The predicted octanol–water partition coefficient (Wildman–Crippen LogP) is 2.15. The average Bonchev–Trinajstić information content (AvgIpc) is 2.94. The minimum Gasteiger partial charge on any atom is -0.466 e. The van der Waals surface area contributed by atoms with Crippen molar-refractivity contribution in [2.45, 2.75) is 25.9 Å². The molecule has 5 heteroatoms. The molecule has 0 saturated carbocycles. The summed E-state index contributed by atoms with van der Waals surface area (Å²) in [5.41, 5.74) is 0.414. The second-order valence-corrected chi connectivity index (χ2v) is 5.80. The van der Waals surface area contributed by atoms with Crippen LogP contribution in [0.25, 0.3) is 0 Å². The minimum atomic E-state index is -0.201. The largest absolute Gasteiger partial charge is 0.466 e. The molecule has 1 atom stereocenters. The summed E-state index contributed by atoms with van der Waals surface area (Å²) in [4.78, 5) is 12.1. The van der Waals surface area contributed by atoms with Crippen LogP contribution in [0.1, 0.15) is 28.3 Å².